The molecule has 5 nitrogen and oxygen atoms in total. The SMILES string of the molecule is CC(=O)C(NC(=O)CN(C)CC1CCOCC1)C(C)C. The molecule has 0 radical (unpaired) electrons. The van der Waals surface area contributed by atoms with Crippen molar-refractivity contribution < 1.29 is 14.3 Å². The maximum atomic E-state index is 12.0. The van der Waals surface area contributed by atoms with Crippen LogP contribution in [0, 0.1) is 11.8 Å². The summed E-state index contributed by atoms with van der Waals surface area (Å²) in [5.41, 5.74) is 0. The molecule has 0 aromatic carbocycles. The smallest absolute Gasteiger partial charge is 0.234 e. The second-order valence-corrected chi connectivity index (χ2v) is 6.15. The van der Waals surface area contributed by atoms with Gasteiger partial charge in [0.05, 0.1) is 12.6 Å². The van der Waals surface area contributed by atoms with E-state index in [9.17, 15) is 9.59 Å². The van der Waals surface area contributed by atoms with Crippen molar-refractivity contribution in [2.24, 2.45) is 11.8 Å². The zero-order valence-electron chi connectivity index (χ0n) is 13.1. The third-order valence-electron chi connectivity index (χ3n) is 3.75. The van der Waals surface area contributed by atoms with Crippen molar-refractivity contribution in [1.29, 1.82) is 0 Å². The Bertz CT molecular complexity index is 325. The van der Waals surface area contributed by atoms with Crippen LogP contribution in [0.2, 0.25) is 0 Å². The van der Waals surface area contributed by atoms with E-state index in [0.29, 0.717) is 12.5 Å². The summed E-state index contributed by atoms with van der Waals surface area (Å²) in [6.45, 7) is 8.30. The first kappa shape index (κ1) is 17.1. The molecule has 0 spiro atoms. The van der Waals surface area contributed by atoms with Gasteiger partial charge < -0.3 is 10.1 Å². The third kappa shape index (κ3) is 6.01. The highest BCUT2D eigenvalue weighted by atomic mass is 16.5. The monoisotopic (exact) mass is 284 g/mol. The van der Waals surface area contributed by atoms with Crippen molar-refractivity contribution in [3.8, 4) is 0 Å². The summed E-state index contributed by atoms with van der Waals surface area (Å²) < 4.78 is 5.33. The highest BCUT2D eigenvalue weighted by molar-refractivity contribution is 5.88. The lowest BCUT2D eigenvalue weighted by atomic mass is 9.99. The van der Waals surface area contributed by atoms with Gasteiger partial charge >= 0.3 is 0 Å². The maximum absolute atomic E-state index is 12.0. The van der Waals surface area contributed by atoms with Crippen LogP contribution in [0.1, 0.15) is 33.6 Å². The number of Topliss-reactive ketones (excluding diaryl/α,β-unsaturated/α-hetero) is 1. The topological polar surface area (TPSA) is 58.6 Å². The highest BCUT2D eigenvalue weighted by Gasteiger charge is 2.22. The number of nitrogens with zero attached hydrogens (tertiary/aromatic N) is 1. The van der Waals surface area contributed by atoms with Gasteiger partial charge in [-0.2, -0.15) is 0 Å². The van der Waals surface area contributed by atoms with Crippen molar-refractivity contribution in [3.63, 3.8) is 0 Å². The molecule has 1 atom stereocenters. The van der Waals surface area contributed by atoms with Gasteiger partial charge in [-0.05, 0) is 38.6 Å². The first-order valence-corrected chi connectivity index (χ1v) is 7.46. The van der Waals surface area contributed by atoms with Crippen molar-refractivity contribution in [2.45, 2.75) is 39.7 Å². The Hall–Kier alpha value is -0.940. The van der Waals surface area contributed by atoms with Crippen LogP contribution in [0.3, 0.4) is 0 Å². The van der Waals surface area contributed by atoms with Gasteiger partial charge in [0.25, 0.3) is 0 Å². The Balaban J connectivity index is 2.34. The number of hydrogen-bond acceptors (Lipinski definition) is 4. The van der Waals surface area contributed by atoms with Gasteiger partial charge in [-0.3, -0.25) is 14.5 Å². The quantitative estimate of drug-likeness (QED) is 0.760. The van der Waals surface area contributed by atoms with Crippen molar-refractivity contribution >= 4 is 11.7 Å². The van der Waals surface area contributed by atoms with Crippen LogP contribution in [0.4, 0.5) is 0 Å². The minimum absolute atomic E-state index is 0.0143. The van der Waals surface area contributed by atoms with Crippen LogP contribution < -0.4 is 5.32 Å². The van der Waals surface area contributed by atoms with E-state index >= 15 is 0 Å². The molecule has 0 aliphatic carbocycles. The molecule has 116 valence electrons. The van der Waals surface area contributed by atoms with Gasteiger partial charge in [0.2, 0.25) is 5.91 Å². The number of rotatable bonds is 7. The third-order valence-corrected chi connectivity index (χ3v) is 3.75. The number of ketones is 1. The van der Waals surface area contributed by atoms with E-state index in [0.717, 1.165) is 32.6 Å². The van der Waals surface area contributed by atoms with Gasteiger partial charge in [0.15, 0.2) is 5.78 Å². The molecule has 1 rings (SSSR count). The van der Waals surface area contributed by atoms with Crippen LogP contribution >= 0.6 is 0 Å². The number of carbonyl (C=O) groups is 2. The van der Waals surface area contributed by atoms with E-state index in [1.807, 2.05) is 25.8 Å². The maximum Gasteiger partial charge on any atom is 0.234 e. The first-order valence-electron chi connectivity index (χ1n) is 7.46. The van der Waals surface area contributed by atoms with Crippen molar-refractivity contribution in [1.82, 2.24) is 10.2 Å². The largest absolute Gasteiger partial charge is 0.381 e. The van der Waals surface area contributed by atoms with Crippen LogP contribution in [0.5, 0.6) is 0 Å². The Morgan fingerprint density at radius 1 is 1.30 bits per heavy atom. The molecule has 1 amide bonds. The molecule has 1 N–H and O–H groups in total. The molecule has 1 unspecified atom stereocenters. The molecular formula is C15H28N2O3. The number of likely N-dealkylation sites (N-methyl/N-ethyl adjacent to an activating group) is 1. The zero-order valence-corrected chi connectivity index (χ0v) is 13.1. The highest BCUT2D eigenvalue weighted by Crippen LogP contribution is 2.15. The summed E-state index contributed by atoms with van der Waals surface area (Å²) in [4.78, 5) is 25.5. The summed E-state index contributed by atoms with van der Waals surface area (Å²) in [5.74, 6) is 0.668. The van der Waals surface area contributed by atoms with Gasteiger partial charge in [-0.25, -0.2) is 0 Å². The lowest BCUT2D eigenvalue weighted by Crippen LogP contribution is -2.47. The molecular weight excluding hydrogens is 256 g/mol. The summed E-state index contributed by atoms with van der Waals surface area (Å²) in [6.07, 6.45) is 2.13. The minimum atomic E-state index is -0.376. The van der Waals surface area contributed by atoms with E-state index in [1.54, 1.807) is 0 Å². The van der Waals surface area contributed by atoms with E-state index in [2.05, 4.69) is 5.32 Å². The van der Waals surface area contributed by atoms with E-state index in [1.165, 1.54) is 6.92 Å². The van der Waals surface area contributed by atoms with Gasteiger partial charge in [-0.15, -0.1) is 0 Å². The lowest BCUT2D eigenvalue weighted by molar-refractivity contribution is -0.128. The Labute approximate surface area is 122 Å². The summed E-state index contributed by atoms with van der Waals surface area (Å²) >= 11 is 0. The zero-order chi connectivity index (χ0) is 15.1. The lowest BCUT2D eigenvalue weighted by Gasteiger charge is -2.27. The summed E-state index contributed by atoms with van der Waals surface area (Å²) in [5, 5.41) is 2.83. The van der Waals surface area contributed by atoms with E-state index in [-0.39, 0.29) is 23.7 Å². The normalized spacial score (nSPS) is 18.3. The second kappa shape index (κ2) is 8.37. The van der Waals surface area contributed by atoms with Crippen molar-refractivity contribution in [2.75, 3.05) is 33.4 Å². The Morgan fingerprint density at radius 2 is 1.90 bits per heavy atom. The predicted molar refractivity (Wildman–Crippen MR) is 78.5 cm³/mol. The van der Waals surface area contributed by atoms with E-state index < -0.39 is 0 Å². The summed E-state index contributed by atoms with van der Waals surface area (Å²) in [6, 6.07) is -0.376. The molecule has 0 aromatic rings. The standard InChI is InChI=1S/C15H28N2O3/c1-11(2)15(12(3)18)16-14(19)10-17(4)9-13-5-7-20-8-6-13/h11,13,15H,5-10H2,1-4H3,(H,16,19). The Morgan fingerprint density at radius 3 is 2.40 bits per heavy atom. The van der Waals surface area contributed by atoms with E-state index in [4.69, 9.17) is 4.74 Å². The van der Waals surface area contributed by atoms with Gasteiger partial charge in [0.1, 0.15) is 0 Å². The number of amides is 1. The average molecular weight is 284 g/mol. The fraction of sp³-hybridized carbons (Fsp3) is 0.867. The molecule has 5 heteroatoms. The average Bonchev–Trinajstić information content (AvgIpc) is 2.36. The Kier molecular flexibility index (Phi) is 7.16. The van der Waals surface area contributed by atoms with Gasteiger partial charge in [-0.1, -0.05) is 13.8 Å². The molecule has 0 aromatic heterocycles. The molecule has 1 aliphatic rings. The number of hydrogen-bond donors (Lipinski definition) is 1. The molecule has 0 bridgehead atoms. The summed E-state index contributed by atoms with van der Waals surface area (Å²) in [7, 11) is 1.95. The first-order chi connectivity index (χ1) is 9.40. The fourth-order valence-electron chi connectivity index (χ4n) is 2.64. The second-order valence-electron chi connectivity index (χ2n) is 6.15. The number of nitrogens with one attached hydrogen (secondary N) is 1. The van der Waals surface area contributed by atoms with Gasteiger partial charge in [0, 0.05) is 19.8 Å². The van der Waals surface area contributed by atoms with Crippen LogP contribution in [0.25, 0.3) is 0 Å². The van der Waals surface area contributed by atoms with Crippen LogP contribution in [-0.2, 0) is 14.3 Å². The number of ether oxygens (including phenoxy) is 1. The molecule has 20 heavy (non-hydrogen) atoms. The molecule has 1 heterocycles. The fourth-order valence-corrected chi connectivity index (χ4v) is 2.64. The molecule has 1 aliphatic heterocycles. The predicted octanol–water partition coefficient (Wildman–Crippen LogP) is 1.07. The number of carbonyl (C=O) groups excluding carboxylic acids is 2. The minimum Gasteiger partial charge on any atom is -0.381 e. The van der Waals surface area contributed by atoms with Crippen LogP contribution in [0.15, 0.2) is 0 Å². The van der Waals surface area contributed by atoms with Crippen LogP contribution in [-0.4, -0.2) is 56.0 Å². The molecule has 0 saturated carbocycles. The van der Waals surface area contributed by atoms with Crippen molar-refractivity contribution in [3.05, 3.63) is 0 Å². The molecule has 1 saturated heterocycles. The molecule has 1 fully saturated rings.